The van der Waals surface area contributed by atoms with Crippen LogP contribution in [0.25, 0.3) is 0 Å². The van der Waals surface area contributed by atoms with Gasteiger partial charge in [-0.3, -0.25) is 9.97 Å². The lowest BCUT2D eigenvalue weighted by molar-refractivity contribution is -0.301. The van der Waals surface area contributed by atoms with Crippen LogP contribution in [0, 0.1) is 23.7 Å². The second kappa shape index (κ2) is 12.9. The first kappa shape index (κ1) is 26.3. The SMILES string of the molecule is OC[C@H]1O[C@@H](OCCOc2c(C#Cc3ccncc3)cccc2C#Cc2ccncc2)[C@H](O)[C@@H](O)[C@@H]1O. The number of para-hydroxylation sites is 1. The predicted molar refractivity (Wildman–Crippen MR) is 132 cm³/mol. The zero-order valence-electron chi connectivity index (χ0n) is 19.8. The smallest absolute Gasteiger partial charge is 0.186 e. The second-order valence-corrected chi connectivity index (χ2v) is 8.07. The van der Waals surface area contributed by atoms with Gasteiger partial charge >= 0.3 is 0 Å². The first-order valence-corrected chi connectivity index (χ1v) is 11.6. The highest BCUT2D eigenvalue weighted by Gasteiger charge is 2.43. The molecule has 4 rings (SSSR count). The molecule has 0 aliphatic carbocycles. The molecule has 0 spiro atoms. The van der Waals surface area contributed by atoms with Gasteiger partial charge in [-0.25, -0.2) is 0 Å². The van der Waals surface area contributed by atoms with E-state index in [1.165, 1.54) is 0 Å². The first-order valence-electron chi connectivity index (χ1n) is 11.6. The maximum absolute atomic E-state index is 10.2. The maximum atomic E-state index is 10.2. The van der Waals surface area contributed by atoms with Crippen LogP contribution in [0.4, 0.5) is 0 Å². The monoisotopic (exact) mass is 502 g/mol. The van der Waals surface area contributed by atoms with Crippen molar-refractivity contribution in [2.45, 2.75) is 30.7 Å². The van der Waals surface area contributed by atoms with Gasteiger partial charge < -0.3 is 34.6 Å². The number of ether oxygens (including phenoxy) is 3. The molecule has 0 unspecified atom stereocenters. The van der Waals surface area contributed by atoms with Gasteiger partial charge in [-0.15, -0.1) is 0 Å². The summed E-state index contributed by atoms with van der Waals surface area (Å²) in [4.78, 5) is 7.99. The molecule has 3 aromatic rings. The Morgan fingerprint density at radius 3 is 1.84 bits per heavy atom. The number of hydrogen-bond donors (Lipinski definition) is 4. The molecule has 37 heavy (non-hydrogen) atoms. The summed E-state index contributed by atoms with van der Waals surface area (Å²) in [6.07, 6.45) is -0.112. The van der Waals surface area contributed by atoms with Crippen molar-refractivity contribution < 1.29 is 34.6 Å². The average Bonchev–Trinajstić information content (AvgIpc) is 2.94. The van der Waals surface area contributed by atoms with Gasteiger partial charge in [0, 0.05) is 35.9 Å². The Bertz CT molecular complexity index is 1200. The molecule has 9 nitrogen and oxygen atoms in total. The lowest BCUT2D eigenvalue weighted by Crippen LogP contribution is -2.59. The summed E-state index contributed by atoms with van der Waals surface area (Å²) in [5.74, 6) is 12.9. The van der Waals surface area contributed by atoms with Crippen molar-refractivity contribution in [1.82, 2.24) is 9.97 Å². The molecule has 1 aromatic carbocycles. The minimum Gasteiger partial charge on any atom is -0.489 e. The normalized spacial score (nSPS) is 22.8. The van der Waals surface area contributed by atoms with E-state index in [0.29, 0.717) is 16.9 Å². The molecule has 1 saturated heterocycles. The molecule has 0 bridgehead atoms. The number of rotatable bonds is 6. The molecule has 1 fully saturated rings. The topological polar surface area (TPSA) is 134 Å². The summed E-state index contributed by atoms with van der Waals surface area (Å²) >= 11 is 0. The summed E-state index contributed by atoms with van der Waals surface area (Å²) in [7, 11) is 0. The van der Waals surface area contributed by atoms with Crippen LogP contribution in [0.3, 0.4) is 0 Å². The van der Waals surface area contributed by atoms with Crippen molar-refractivity contribution in [3.63, 3.8) is 0 Å². The third-order valence-corrected chi connectivity index (χ3v) is 5.52. The minimum absolute atomic E-state index is 0.0218. The van der Waals surface area contributed by atoms with Crippen LogP contribution >= 0.6 is 0 Å². The number of hydrogen-bond acceptors (Lipinski definition) is 9. The van der Waals surface area contributed by atoms with Gasteiger partial charge in [0.05, 0.1) is 24.3 Å². The van der Waals surface area contributed by atoms with Crippen molar-refractivity contribution >= 4 is 0 Å². The largest absolute Gasteiger partial charge is 0.489 e. The van der Waals surface area contributed by atoms with Crippen LogP contribution < -0.4 is 4.74 Å². The minimum atomic E-state index is -1.52. The Morgan fingerprint density at radius 1 is 0.730 bits per heavy atom. The molecule has 1 aliphatic heterocycles. The Morgan fingerprint density at radius 2 is 1.30 bits per heavy atom. The summed E-state index contributed by atoms with van der Waals surface area (Å²) in [6.45, 7) is -0.511. The highest BCUT2D eigenvalue weighted by atomic mass is 16.7. The van der Waals surface area contributed by atoms with Gasteiger partial charge in [0.25, 0.3) is 0 Å². The fraction of sp³-hybridized carbons (Fsp3) is 0.286. The van der Waals surface area contributed by atoms with Crippen molar-refractivity contribution in [3.05, 3.63) is 89.5 Å². The van der Waals surface area contributed by atoms with E-state index < -0.39 is 37.3 Å². The number of aliphatic hydroxyl groups is 4. The molecule has 0 saturated carbocycles. The molecule has 0 amide bonds. The van der Waals surface area contributed by atoms with E-state index in [1.807, 2.05) is 18.2 Å². The van der Waals surface area contributed by atoms with E-state index in [-0.39, 0.29) is 13.2 Å². The molecule has 9 heteroatoms. The highest BCUT2D eigenvalue weighted by molar-refractivity contribution is 5.59. The Kier molecular flexibility index (Phi) is 9.19. The van der Waals surface area contributed by atoms with Crippen LogP contribution in [-0.2, 0) is 9.47 Å². The molecule has 3 heterocycles. The van der Waals surface area contributed by atoms with Gasteiger partial charge in [0.15, 0.2) is 12.0 Å². The van der Waals surface area contributed by atoms with Crippen LogP contribution in [0.15, 0.2) is 67.3 Å². The van der Waals surface area contributed by atoms with Crippen LogP contribution in [0.5, 0.6) is 5.75 Å². The third kappa shape index (κ3) is 6.91. The van der Waals surface area contributed by atoms with Crippen molar-refractivity contribution in [3.8, 4) is 29.4 Å². The zero-order chi connectivity index (χ0) is 26.0. The van der Waals surface area contributed by atoms with Gasteiger partial charge in [-0.2, -0.15) is 0 Å². The molecular weight excluding hydrogens is 476 g/mol. The molecule has 5 atom stereocenters. The predicted octanol–water partition coefficient (Wildman–Crippen LogP) is 0.472. The number of benzene rings is 1. The number of nitrogens with zero attached hydrogens (tertiary/aromatic N) is 2. The van der Waals surface area contributed by atoms with E-state index in [1.54, 1.807) is 49.1 Å². The number of aliphatic hydroxyl groups excluding tert-OH is 4. The fourth-order valence-corrected chi connectivity index (χ4v) is 3.55. The van der Waals surface area contributed by atoms with Crippen molar-refractivity contribution in [1.29, 1.82) is 0 Å². The summed E-state index contributed by atoms with van der Waals surface area (Å²) in [5, 5.41) is 39.3. The summed E-state index contributed by atoms with van der Waals surface area (Å²) in [5.41, 5.74) is 2.82. The van der Waals surface area contributed by atoms with E-state index in [0.717, 1.165) is 11.1 Å². The average molecular weight is 503 g/mol. The Labute approximate surface area is 214 Å². The second-order valence-electron chi connectivity index (χ2n) is 8.07. The van der Waals surface area contributed by atoms with Gasteiger partial charge in [0.2, 0.25) is 0 Å². The first-order chi connectivity index (χ1) is 18.1. The van der Waals surface area contributed by atoms with E-state index in [4.69, 9.17) is 14.2 Å². The number of aromatic nitrogens is 2. The van der Waals surface area contributed by atoms with E-state index in [2.05, 4.69) is 33.6 Å². The van der Waals surface area contributed by atoms with Gasteiger partial charge in [-0.05, 0) is 36.4 Å². The molecule has 1 aliphatic rings. The molecule has 2 aromatic heterocycles. The van der Waals surface area contributed by atoms with E-state index >= 15 is 0 Å². The molecule has 0 radical (unpaired) electrons. The molecular formula is C28H26N2O7. The van der Waals surface area contributed by atoms with Crippen LogP contribution in [0.1, 0.15) is 22.3 Å². The van der Waals surface area contributed by atoms with Crippen LogP contribution in [-0.4, -0.2) is 80.9 Å². The Balaban J connectivity index is 1.51. The lowest BCUT2D eigenvalue weighted by Gasteiger charge is -2.39. The van der Waals surface area contributed by atoms with Crippen molar-refractivity contribution in [2.75, 3.05) is 19.8 Å². The van der Waals surface area contributed by atoms with Gasteiger partial charge in [-0.1, -0.05) is 29.7 Å². The standard InChI is InChI=1S/C28H26N2O7/c31-18-23-24(32)25(33)26(34)28(37-23)36-17-16-35-27-21(6-4-19-8-12-29-13-9-19)2-1-3-22(27)7-5-20-10-14-30-15-11-20/h1-3,8-15,23-26,28,31-34H,16-18H2/t23-,24-,25+,26-,28-/m1/s1. The zero-order valence-corrected chi connectivity index (χ0v) is 19.8. The third-order valence-electron chi connectivity index (χ3n) is 5.52. The maximum Gasteiger partial charge on any atom is 0.186 e. The quantitative estimate of drug-likeness (QED) is 0.280. The molecule has 4 N–H and O–H groups in total. The lowest BCUT2D eigenvalue weighted by atomic mass is 9.99. The van der Waals surface area contributed by atoms with Crippen LogP contribution in [0.2, 0.25) is 0 Å². The van der Waals surface area contributed by atoms with E-state index in [9.17, 15) is 20.4 Å². The van der Waals surface area contributed by atoms with Gasteiger partial charge in [0.1, 0.15) is 31.0 Å². The fourth-order valence-electron chi connectivity index (χ4n) is 3.55. The summed E-state index contributed by atoms with van der Waals surface area (Å²) < 4.78 is 16.9. The molecule has 190 valence electrons. The highest BCUT2D eigenvalue weighted by Crippen LogP contribution is 2.24. The Hall–Kier alpha value is -3.80. The summed E-state index contributed by atoms with van der Waals surface area (Å²) in [6, 6.07) is 12.7. The van der Waals surface area contributed by atoms with Crippen molar-refractivity contribution in [2.24, 2.45) is 0 Å². The number of pyridine rings is 2.